The van der Waals surface area contributed by atoms with Gasteiger partial charge in [-0.2, -0.15) is 4.99 Å². The minimum Gasteiger partial charge on any atom is -0.454 e. The summed E-state index contributed by atoms with van der Waals surface area (Å²) in [7, 11) is 0. The van der Waals surface area contributed by atoms with Crippen LogP contribution >= 0.6 is 22.7 Å². The fourth-order valence-electron chi connectivity index (χ4n) is 2.56. The molecule has 0 unspecified atom stereocenters. The molecule has 0 aliphatic carbocycles. The Labute approximate surface area is 146 Å². The largest absolute Gasteiger partial charge is 0.454 e. The standard InChI is InChI=1S/C17H14N2O3S2/c1-2-5-19-12-8-13-14(22-10-21-13)9-15(12)24-17(19)18-16(20)7-11-4-3-6-23-11/h2-4,6,8-9H,1,5,7,10H2. The number of nitrogens with zero attached hydrogens (tertiary/aromatic N) is 2. The Morgan fingerprint density at radius 1 is 1.38 bits per heavy atom. The molecule has 3 heterocycles. The molecule has 2 aromatic heterocycles. The van der Waals surface area contributed by atoms with Crippen LogP contribution in [0.2, 0.25) is 0 Å². The van der Waals surface area contributed by atoms with E-state index in [9.17, 15) is 4.79 Å². The van der Waals surface area contributed by atoms with Crippen LogP contribution in [-0.2, 0) is 17.8 Å². The third-order valence-corrected chi connectivity index (χ3v) is 5.53. The van der Waals surface area contributed by atoms with Gasteiger partial charge in [0.2, 0.25) is 6.79 Å². The monoisotopic (exact) mass is 358 g/mol. The van der Waals surface area contributed by atoms with E-state index in [1.807, 2.05) is 34.2 Å². The first-order valence-electron chi connectivity index (χ1n) is 7.38. The summed E-state index contributed by atoms with van der Waals surface area (Å²) in [6, 6.07) is 7.75. The van der Waals surface area contributed by atoms with Crippen LogP contribution in [-0.4, -0.2) is 17.3 Å². The lowest BCUT2D eigenvalue weighted by atomic mass is 10.3. The van der Waals surface area contributed by atoms with E-state index in [1.54, 1.807) is 17.4 Å². The molecule has 122 valence electrons. The van der Waals surface area contributed by atoms with Gasteiger partial charge in [-0.1, -0.05) is 23.5 Å². The first-order chi connectivity index (χ1) is 11.7. The molecule has 0 atom stereocenters. The summed E-state index contributed by atoms with van der Waals surface area (Å²) in [5, 5.41) is 1.96. The Bertz CT molecular complexity index is 983. The van der Waals surface area contributed by atoms with E-state index >= 15 is 0 Å². The zero-order chi connectivity index (χ0) is 16.5. The number of thiazole rings is 1. The second kappa shape index (κ2) is 6.26. The van der Waals surface area contributed by atoms with Crippen molar-refractivity contribution in [3.8, 4) is 11.5 Å². The SMILES string of the molecule is C=CCn1c(=NC(=O)Cc2cccs2)sc2cc3c(cc21)OCO3. The van der Waals surface area contributed by atoms with Crippen LogP contribution in [0.5, 0.6) is 11.5 Å². The van der Waals surface area contributed by atoms with Crippen LogP contribution in [0.25, 0.3) is 10.2 Å². The summed E-state index contributed by atoms with van der Waals surface area (Å²) >= 11 is 3.03. The topological polar surface area (TPSA) is 52.8 Å². The van der Waals surface area contributed by atoms with Crippen molar-refractivity contribution in [1.29, 1.82) is 0 Å². The van der Waals surface area contributed by atoms with Crippen molar-refractivity contribution in [2.75, 3.05) is 6.79 Å². The highest BCUT2D eigenvalue weighted by Crippen LogP contribution is 2.36. The quantitative estimate of drug-likeness (QED) is 0.672. The van der Waals surface area contributed by atoms with Crippen LogP contribution < -0.4 is 14.3 Å². The second-order valence-electron chi connectivity index (χ2n) is 5.22. The Morgan fingerprint density at radius 3 is 2.96 bits per heavy atom. The van der Waals surface area contributed by atoms with E-state index in [2.05, 4.69) is 11.6 Å². The molecule has 0 saturated carbocycles. The maximum absolute atomic E-state index is 12.3. The van der Waals surface area contributed by atoms with Crippen LogP contribution in [0.1, 0.15) is 4.88 Å². The van der Waals surface area contributed by atoms with Crippen molar-refractivity contribution in [3.63, 3.8) is 0 Å². The molecule has 7 heteroatoms. The maximum atomic E-state index is 12.3. The average molecular weight is 358 g/mol. The molecule has 1 aromatic carbocycles. The first kappa shape index (κ1) is 15.2. The number of carbonyl (C=O) groups is 1. The number of rotatable bonds is 4. The van der Waals surface area contributed by atoms with E-state index in [4.69, 9.17) is 9.47 Å². The lowest BCUT2D eigenvalue weighted by Crippen LogP contribution is -2.16. The van der Waals surface area contributed by atoms with E-state index < -0.39 is 0 Å². The molecular formula is C17H14N2O3S2. The molecule has 0 radical (unpaired) electrons. The smallest absolute Gasteiger partial charge is 0.253 e. The number of fused-ring (bicyclic) bond motifs is 2. The molecule has 0 bridgehead atoms. The van der Waals surface area contributed by atoms with Gasteiger partial charge < -0.3 is 14.0 Å². The fraction of sp³-hybridized carbons (Fsp3) is 0.176. The molecule has 0 fully saturated rings. The average Bonchev–Trinajstić information content (AvgIpc) is 3.27. The number of benzene rings is 1. The van der Waals surface area contributed by atoms with Crippen LogP contribution in [0.15, 0.2) is 47.3 Å². The van der Waals surface area contributed by atoms with Crippen molar-refractivity contribution >= 4 is 38.8 Å². The number of thiophene rings is 1. The summed E-state index contributed by atoms with van der Waals surface area (Å²) in [4.78, 5) is 18.3. The Morgan fingerprint density at radius 2 is 2.21 bits per heavy atom. The Kier molecular flexibility index (Phi) is 3.95. The third-order valence-electron chi connectivity index (χ3n) is 3.61. The molecule has 1 aliphatic rings. The minimum atomic E-state index is -0.151. The molecule has 4 rings (SSSR count). The number of amides is 1. The van der Waals surface area contributed by atoms with Gasteiger partial charge in [-0.15, -0.1) is 17.9 Å². The summed E-state index contributed by atoms with van der Waals surface area (Å²) < 4.78 is 13.8. The molecule has 0 saturated heterocycles. The van der Waals surface area contributed by atoms with E-state index in [1.165, 1.54) is 11.3 Å². The zero-order valence-electron chi connectivity index (χ0n) is 12.7. The summed E-state index contributed by atoms with van der Waals surface area (Å²) in [5.74, 6) is 1.29. The Hall–Kier alpha value is -2.38. The molecule has 24 heavy (non-hydrogen) atoms. The van der Waals surface area contributed by atoms with E-state index in [0.29, 0.717) is 17.8 Å². The van der Waals surface area contributed by atoms with E-state index in [-0.39, 0.29) is 12.7 Å². The van der Waals surface area contributed by atoms with Gasteiger partial charge in [0.1, 0.15) is 0 Å². The number of hydrogen-bond donors (Lipinski definition) is 0. The highest BCUT2D eigenvalue weighted by Gasteiger charge is 2.17. The third kappa shape index (κ3) is 2.76. The first-order valence-corrected chi connectivity index (χ1v) is 9.08. The van der Waals surface area contributed by atoms with Crippen LogP contribution in [0, 0.1) is 0 Å². The minimum absolute atomic E-state index is 0.151. The van der Waals surface area contributed by atoms with Gasteiger partial charge in [-0.05, 0) is 11.4 Å². The summed E-state index contributed by atoms with van der Waals surface area (Å²) in [6.45, 7) is 4.61. The molecule has 1 aliphatic heterocycles. The van der Waals surface area contributed by atoms with Crippen LogP contribution in [0.4, 0.5) is 0 Å². The Balaban J connectivity index is 1.79. The zero-order valence-corrected chi connectivity index (χ0v) is 14.4. The number of aromatic nitrogens is 1. The van der Waals surface area contributed by atoms with Crippen molar-refractivity contribution in [3.05, 3.63) is 52.0 Å². The predicted octanol–water partition coefficient (Wildman–Crippen LogP) is 3.35. The lowest BCUT2D eigenvalue weighted by molar-refractivity contribution is -0.117. The van der Waals surface area contributed by atoms with Crippen molar-refractivity contribution in [1.82, 2.24) is 4.57 Å². The van der Waals surface area contributed by atoms with Gasteiger partial charge in [-0.25, -0.2) is 0 Å². The van der Waals surface area contributed by atoms with Crippen molar-refractivity contribution in [2.24, 2.45) is 4.99 Å². The fourth-order valence-corrected chi connectivity index (χ4v) is 4.32. The van der Waals surface area contributed by atoms with Gasteiger partial charge >= 0.3 is 0 Å². The molecule has 0 spiro atoms. The maximum Gasteiger partial charge on any atom is 0.253 e. The van der Waals surface area contributed by atoms with Gasteiger partial charge in [0.15, 0.2) is 16.3 Å². The number of allylic oxidation sites excluding steroid dienone is 1. The molecular weight excluding hydrogens is 344 g/mol. The highest BCUT2D eigenvalue weighted by molar-refractivity contribution is 7.16. The van der Waals surface area contributed by atoms with Gasteiger partial charge in [0.25, 0.3) is 5.91 Å². The normalized spacial score (nSPS) is 13.6. The summed E-state index contributed by atoms with van der Waals surface area (Å²) in [6.07, 6.45) is 2.11. The van der Waals surface area contributed by atoms with Gasteiger partial charge in [0.05, 0.1) is 16.6 Å². The molecule has 3 aromatic rings. The van der Waals surface area contributed by atoms with Crippen molar-refractivity contribution in [2.45, 2.75) is 13.0 Å². The molecule has 0 N–H and O–H groups in total. The number of ether oxygens (including phenoxy) is 2. The van der Waals surface area contributed by atoms with Gasteiger partial charge in [0, 0.05) is 23.6 Å². The van der Waals surface area contributed by atoms with Crippen molar-refractivity contribution < 1.29 is 14.3 Å². The number of hydrogen-bond acceptors (Lipinski definition) is 5. The lowest BCUT2D eigenvalue weighted by Gasteiger charge is -2.02. The second-order valence-corrected chi connectivity index (χ2v) is 7.26. The summed E-state index contributed by atoms with van der Waals surface area (Å²) in [5.41, 5.74) is 0.965. The van der Waals surface area contributed by atoms with Gasteiger partial charge in [-0.3, -0.25) is 4.79 Å². The highest BCUT2D eigenvalue weighted by atomic mass is 32.1. The predicted molar refractivity (Wildman–Crippen MR) is 94.7 cm³/mol. The van der Waals surface area contributed by atoms with Crippen LogP contribution in [0.3, 0.4) is 0 Å². The molecule has 5 nitrogen and oxygen atoms in total. The number of carbonyl (C=O) groups excluding carboxylic acids is 1. The van der Waals surface area contributed by atoms with E-state index in [0.717, 1.165) is 26.6 Å². The molecule has 1 amide bonds.